The summed E-state index contributed by atoms with van der Waals surface area (Å²) in [5.74, 6) is -0.0678. The summed E-state index contributed by atoms with van der Waals surface area (Å²) in [6.07, 6.45) is 0.0916. The summed E-state index contributed by atoms with van der Waals surface area (Å²) < 4.78 is 31.7. The number of halogens is 1. The molecule has 0 saturated carbocycles. The summed E-state index contributed by atoms with van der Waals surface area (Å²) in [6.45, 7) is 0.110. The number of methoxy groups -OCH3 is 1. The minimum absolute atomic E-state index is 0.0465. The van der Waals surface area contributed by atoms with Crippen LogP contribution < -0.4 is 4.74 Å². The second-order valence-corrected chi connectivity index (χ2v) is 5.65. The molecule has 1 aromatic rings. The average molecular weight is 279 g/mol. The van der Waals surface area contributed by atoms with Crippen LogP contribution in [0.15, 0.2) is 29.2 Å². The van der Waals surface area contributed by atoms with E-state index in [1.54, 1.807) is 6.07 Å². The smallest absolute Gasteiger partial charge is 0.308 e. The summed E-state index contributed by atoms with van der Waals surface area (Å²) in [7, 11) is 2.69. The molecule has 0 fully saturated rings. The Hall–Kier alpha value is -1.27. The minimum Gasteiger partial charge on any atom is -0.493 e. The van der Waals surface area contributed by atoms with E-state index in [-0.39, 0.29) is 17.9 Å². The fraction of sp³-hybridized carbons (Fsp3) is 0.300. The van der Waals surface area contributed by atoms with Crippen molar-refractivity contribution in [2.24, 2.45) is 0 Å². The van der Waals surface area contributed by atoms with Gasteiger partial charge in [-0.25, -0.2) is 8.42 Å². The molecule has 0 aliphatic rings. The zero-order valence-corrected chi connectivity index (χ0v) is 10.6. The Balaban J connectivity index is 2.64. The lowest BCUT2D eigenvalue weighted by Gasteiger charge is -2.06. The van der Waals surface area contributed by atoms with Crippen molar-refractivity contribution in [1.82, 2.24) is 0 Å². The number of rotatable bonds is 5. The fourth-order valence-corrected chi connectivity index (χ4v) is 1.86. The number of carbonyl (C=O) groups excluding carboxylic acids is 1. The Bertz CT molecular complexity index is 497. The van der Waals surface area contributed by atoms with Crippen LogP contribution in [0.25, 0.3) is 0 Å². The second-order valence-electron chi connectivity index (χ2n) is 3.09. The Morgan fingerprint density at radius 2 is 2.12 bits per heavy atom. The number of esters is 1. The van der Waals surface area contributed by atoms with Gasteiger partial charge in [0.25, 0.3) is 9.05 Å². The Morgan fingerprint density at radius 1 is 1.41 bits per heavy atom. The monoisotopic (exact) mass is 278 g/mol. The normalized spacial score (nSPS) is 10.9. The number of benzene rings is 1. The molecule has 0 aliphatic heterocycles. The molecule has 94 valence electrons. The molecule has 1 aromatic carbocycles. The van der Waals surface area contributed by atoms with E-state index in [4.69, 9.17) is 15.4 Å². The van der Waals surface area contributed by atoms with Crippen molar-refractivity contribution in [2.45, 2.75) is 11.3 Å². The highest BCUT2D eigenvalue weighted by Crippen LogP contribution is 2.20. The van der Waals surface area contributed by atoms with Crippen molar-refractivity contribution in [3.63, 3.8) is 0 Å². The Kier molecular flexibility index (Phi) is 4.77. The zero-order chi connectivity index (χ0) is 12.9. The van der Waals surface area contributed by atoms with Gasteiger partial charge in [0.1, 0.15) is 5.75 Å². The van der Waals surface area contributed by atoms with Gasteiger partial charge in [-0.05, 0) is 12.1 Å². The van der Waals surface area contributed by atoms with Crippen molar-refractivity contribution < 1.29 is 22.7 Å². The van der Waals surface area contributed by atoms with E-state index in [9.17, 15) is 13.2 Å². The lowest BCUT2D eigenvalue weighted by Crippen LogP contribution is -2.07. The molecule has 0 aliphatic carbocycles. The fourth-order valence-electron chi connectivity index (χ4n) is 1.07. The Labute approximate surface area is 104 Å². The third-order valence-electron chi connectivity index (χ3n) is 1.89. The number of hydrogen-bond acceptors (Lipinski definition) is 5. The molecule has 0 unspecified atom stereocenters. The van der Waals surface area contributed by atoms with Crippen LogP contribution in [0.2, 0.25) is 0 Å². The topological polar surface area (TPSA) is 69.7 Å². The third kappa shape index (κ3) is 4.62. The summed E-state index contributed by atoms with van der Waals surface area (Å²) in [4.78, 5) is 10.8. The van der Waals surface area contributed by atoms with Crippen LogP contribution >= 0.6 is 10.7 Å². The summed E-state index contributed by atoms with van der Waals surface area (Å²) in [6, 6.07) is 5.72. The SMILES string of the molecule is COC(=O)CCOc1cccc(S(=O)(=O)Cl)c1. The maximum atomic E-state index is 11.0. The van der Waals surface area contributed by atoms with Crippen LogP contribution in [0.1, 0.15) is 6.42 Å². The molecule has 0 amide bonds. The first kappa shape index (κ1) is 13.8. The number of ether oxygens (including phenoxy) is 2. The lowest BCUT2D eigenvalue weighted by molar-refractivity contribution is -0.141. The molecule has 0 saturated heterocycles. The molecular formula is C10H11ClO5S. The molecule has 0 aromatic heterocycles. The molecule has 0 atom stereocenters. The highest BCUT2D eigenvalue weighted by molar-refractivity contribution is 8.13. The summed E-state index contributed by atoms with van der Waals surface area (Å²) >= 11 is 0. The van der Waals surface area contributed by atoms with E-state index in [1.165, 1.54) is 25.3 Å². The van der Waals surface area contributed by atoms with Gasteiger partial charge in [0, 0.05) is 16.7 Å². The van der Waals surface area contributed by atoms with E-state index in [0.717, 1.165) is 0 Å². The summed E-state index contributed by atoms with van der Waals surface area (Å²) in [5.41, 5.74) is 0. The van der Waals surface area contributed by atoms with Crippen LogP contribution in [-0.4, -0.2) is 28.1 Å². The molecule has 0 radical (unpaired) electrons. The molecule has 0 bridgehead atoms. The van der Waals surface area contributed by atoms with Gasteiger partial charge in [0.2, 0.25) is 0 Å². The lowest BCUT2D eigenvalue weighted by atomic mass is 10.3. The van der Waals surface area contributed by atoms with Crippen molar-refractivity contribution in [3.8, 4) is 5.75 Å². The Morgan fingerprint density at radius 3 is 2.71 bits per heavy atom. The molecule has 1 rings (SSSR count). The van der Waals surface area contributed by atoms with E-state index < -0.39 is 15.0 Å². The molecule has 5 nitrogen and oxygen atoms in total. The van der Waals surface area contributed by atoms with E-state index in [0.29, 0.717) is 5.75 Å². The average Bonchev–Trinajstić information content (AvgIpc) is 2.28. The molecule has 0 N–H and O–H groups in total. The number of hydrogen-bond donors (Lipinski definition) is 0. The first-order chi connectivity index (χ1) is 7.93. The van der Waals surface area contributed by atoms with E-state index in [1.807, 2.05) is 0 Å². The van der Waals surface area contributed by atoms with Gasteiger partial charge in [-0.2, -0.15) is 0 Å². The third-order valence-corrected chi connectivity index (χ3v) is 3.24. The van der Waals surface area contributed by atoms with Gasteiger partial charge in [-0.1, -0.05) is 6.07 Å². The standard InChI is InChI=1S/C10H11ClO5S/c1-15-10(12)5-6-16-8-3-2-4-9(7-8)17(11,13)14/h2-4,7H,5-6H2,1H3. The zero-order valence-electron chi connectivity index (χ0n) is 9.05. The summed E-state index contributed by atoms with van der Waals surface area (Å²) in [5, 5.41) is 0. The van der Waals surface area contributed by atoms with Crippen LogP contribution in [0.4, 0.5) is 0 Å². The minimum atomic E-state index is -3.77. The predicted octanol–water partition coefficient (Wildman–Crippen LogP) is 1.56. The molecule has 0 heterocycles. The molecule has 0 spiro atoms. The largest absolute Gasteiger partial charge is 0.493 e. The first-order valence-corrected chi connectivity index (χ1v) is 6.99. The van der Waals surface area contributed by atoms with Gasteiger partial charge in [0.15, 0.2) is 0 Å². The van der Waals surface area contributed by atoms with Crippen molar-refractivity contribution >= 4 is 25.7 Å². The maximum absolute atomic E-state index is 11.0. The maximum Gasteiger partial charge on any atom is 0.308 e. The van der Waals surface area contributed by atoms with Gasteiger partial charge < -0.3 is 9.47 Å². The van der Waals surface area contributed by atoms with Gasteiger partial charge in [-0.3, -0.25) is 4.79 Å². The van der Waals surface area contributed by atoms with Crippen LogP contribution in [-0.2, 0) is 18.6 Å². The van der Waals surface area contributed by atoms with Crippen LogP contribution in [0.5, 0.6) is 5.75 Å². The quantitative estimate of drug-likeness (QED) is 0.604. The van der Waals surface area contributed by atoms with Gasteiger partial charge in [-0.15, -0.1) is 0 Å². The molecule has 7 heteroatoms. The van der Waals surface area contributed by atoms with Gasteiger partial charge >= 0.3 is 5.97 Å². The van der Waals surface area contributed by atoms with Crippen molar-refractivity contribution in [2.75, 3.05) is 13.7 Å². The van der Waals surface area contributed by atoms with Crippen LogP contribution in [0.3, 0.4) is 0 Å². The number of carbonyl (C=O) groups is 1. The van der Waals surface area contributed by atoms with Crippen molar-refractivity contribution in [1.29, 1.82) is 0 Å². The molecule has 17 heavy (non-hydrogen) atoms. The highest BCUT2D eigenvalue weighted by atomic mass is 35.7. The molecular weight excluding hydrogens is 268 g/mol. The van der Waals surface area contributed by atoms with Crippen LogP contribution in [0, 0.1) is 0 Å². The highest BCUT2D eigenvalue weighted by Gasteiger charge is 2.10. The predicted molar refractivity (Wildman–Crippen MR) is 61.6 cm³/mol. The second kappa shape index (κ2) is 5.88. The first-order valence-electron chi connectivity index (χ1n) is 4.68. The van der Waals surface area contributed by atoms with E-state index in [2.05, 4.69) is 4.74 Å². The van der Waals surface area contributed by atoms with E-state index >= 15 is 0 Å². The van der Waals surface area contributed by atoms with Crippen molar-refractivity contribution in [3.05, 3.63) is 24.3 Å². The van der Waals surface area contributed by atoms with Gasteiger partial charge in [0.05, 0.1) is 25.0 Å².